The molecule has 0 spiro atoms. The first-order valence-corrected chi connectivity index (χ1v) is 12.1. The molecule has 1 fully saturated rings. The molecule has 4 rings (SSSR count). The number of nitrogens with two attached hydrogens (primary N) is 1. The van der Waals surface area contributed by atoms with E-state index in [9.17, 15) is 0 Å². The number of halogens is 2. The highest BCUT2D eigenvalue weighted by Gasteiger charge is 2.31. The fourth-order valence-electron chi connectivity index (χ4n) is 4.73. The fourth-order valence-corrected chi connectivity index (χ4v) is 4.73. The van der Waals surface area contributed by atoms with Crippen molar-refractivity contribution in [2.45, 2.75) is 44.4 Å². The zero-order chi connectivity index (χ0) is 23.0. The zero-order valence-electron chi connectivity index (χ0n) is 20.9. The number of hydrogen-bond acceptors (Lipinski definition) is 4. The first kappa shape index (κ1) is 29.0. The Morgan fingerprint density at radius 3 is 2.09 bits per heavy atom. The van der Waals surface area contributed by atoms with Gasteiger partial charge in [0.15, 0.2) is 0 Å². The molecule has 194 valence electrons. The molecule has 2 unspecified atom stereocenters. The number of nitrogen functional groups attached to an aromatic ring is 1. The molecule has 3 aromatic rings. The molecule has 1 aromatic carbocycles. The molecule has 0 amide bonds. The first-order valence-electron chi connectivity index (χ1n) is 12.1. The molecule has 2 aromatic heterocycles. The van der Waals surface area contributed by atoms with E-state index in [1.165, 1.54) is 5.69 Å². The van der Waals surface area contributed by atoms with E-state index in [0.29, 0.717) is 12.1 Å². The molecule has 1 saturated heterocycles. The van der Waals surface area contributed by atoms with Crippen LogP contribution < -0.4 is 55.2 Å². The van der Waals surface area contributed by atoms with Gasteiger partial charge in [-0.25, -0.2) is 18.3 Å². The molecule has 0 bridgehead atoms. The molecule has 10 heteroatoms. The van der Waals surface area contributed by atoms with Crippen molar-refractivity contribution in [3.8, 4) is 0 Å². The lowest BCUT2D eigenvalue weighted by Gasteiger charge is -2.27. The van der Waals surface area contributed by atoms with Crippen LogP contribution >= 0.6 is 0 Å². The summed E-state index contributed by atoms with van der Waals surface area (Å²) in [5.74, 6) is 0. The fraction of sp³-hybridized carbons (Fsp3) is 0.520. The van der Waals surface area contributed by atoms with Gasteiger partial charge in [0.25, 0.3) is 0 Å². The number of imidazole rings is 2. The summed E-state index contributed by atoms with van der Waals surface area (Å²) in [6, 6.07) is 9.32. The molecule has 2 atom stereocenters. The van der Waals surface area contributed by atoms with Crippen LogP contribution in [0.4, 0.5) is 11.4 Å². The third-order valence-corrected chi connectivity index (χ3v) is 6.46. The number of nitrogens with zero attached hydrogens (tertiary/aromatic N) is 5. The quantitative estimate of drug-likeness (QED) is 0.126. The van der Waals surface area contributed by atoms with Crippen molar-refractivity contribution >= 4 is 11.4 Å². The van der Waals surface area contributed by atoms with E-state index in [-0.39, 0.29) is 24.8 Å². The van der Waals surface area contributed by atoms with E-state index in [2.05, 4.69) is 97.5 Å². The minimum Gasteiger partial charge on any atom is -1.00 e. The van der Waals surface area contributed by atoms with E-state index < -0.39 is 0 Å². The predicted molar refractivity (Wildman–Crippen MR) is 132 cm³/mol. The third-order valence-electron chi connectivity index (χ3n) is 6.46. The van der Waals surface area contributed by atoms with Crippen molar-refractivity contribution in [2.24, 2.45) is 14.1 Å². The lowest BCUT2D eigenvalue weighted by molar-refractivity contribution is -0.671. The van der Waals surface area contributed by atoms with Gasteiger partial charge < -0.3 is 46.1 Å². The van der Waals surface area contributed by atoms with Gasteiger partial charge in [0.05, 0.1) is 27.2 Å². The van der Waals surface area contributed by atoms with Gasteiger partial charge >= 0.3 is 0 Å². The summed E-state index contributed by atoms with van der Waals surface area (Å²) in [6.45, 7) is 6.20. The van der Waals surface area contributed by atoms with E-state index in [1.807, 2.05) is 12.1 Å². The molecule has 1 aliphatic rings. The number of rotatable bonds is 12. The van der Waals surface area contributed by atoms with Gasteiger partial charge in [-0.05, 0) is 56.6 Å². The van der Waals surface area contributed by atoms with Crippen molar-refractivity contribution in [3.05, 3.63) is 61.7 Å². The molecule has 0 saturated carbocycles. The summed E-state index contributed by atoms with van der Waals surface area (Å²) < 4.78 is 8.66. The Morgan fingerprint density at radius 2 is 1.51 bits per heavy atom. The number of aryl methyl sites for hydroxylation is 4. The van der Waals surface area contributed by atoms with Crippen molar-refractivity contribution in [1.82, 2.24) is 19.8 Å². The molecule has 0 radical (unpaired) electrons. The van der Waals surface area contributed by atoms with Gasteiger partial charge in [-0.1, -0.05) is 0 Å². The Bertz CT molecular complexity index is 988. The van der Waals surface area contributed by atoms with Crippen LogP contribution in [0.15, 0.2) is 61.7 Å². The highest BCUT2D eigenvalue weighted by molar-refractivity contribution is 5.54. The lowest BCUT2D eigenvalue weighted by Crippen LogP contribution is -3.00. The molecule has 0 aliphatic carbocycles. The van der Waals surface area contributed by atoms with E-state index in [1.54, 1.807) is 0 Å². The smallest absolute Gasteiger partial charge is 0.243 e. The zero-order valence-corrected chi connectivity index (χ0v) is 22.4. The first-order chi connectivity index (χ1) is 16.1. The van der Waals surface area contributed by atoms with Crippen molar-refractivity contribution in [1.29, 1.82) is 0 Å². The van der Waals surface area contributed by atoms with Gasteiger partial charge in [-0.3, -0.25) is 0 Å². The van der Waals surface area contributed by atoms with Crippen molar-refractivity contribution < 1.29 is 33.9 Å². The van der Waals surface area contributed by atoms with Gasteiger partial charge in [-0.2, -0.15) is 0 Å². The Kier molecular flexibility index (Phi) is 11.9. The second-order valence-electron chi connectivity index (χ2n) is 9.33. The molecule has 8 nitrogen and oxygen atoms in total. The molecular formula is C25H40Cl2N8. The van der Waals surface area contributed by atoms with Crippen LogP contribution in [-0.2, 0) is 27.2 Å². The maximum Gasteiger partial charge on any atom is 0.243 e. The Hall–Kier alpha value is -2.26. The Morgan fingerprint density at radius 1 is 0.914 bits per heavy atom. The minimum atomic E-state index is 0. The van der Waals surface area contributed by atoms with E-state index >= 15 is 0 Å². The normalized spacial score (nSPS) is 17.3. The maximum absolute atomic E-state index is 5.93. The predicted octanol–water partition coefficient (Wildman–Crippen LogP) is -5.16. The molecular weight excluding hydrogens is 483 g/mol. The van der Waals surface area contributed by atoms with Gasteiger partial charge in [-0.15, -0.1) is 0 Å². The van der Waals surface area contributed by atoms with Gasteiger partial charge in [0.1, 0.15) is 24.8 Å². The summed E-state index contributed by atoms with van der Waals surface area (Å²) >= 11 is 0. The number of benzene rings is 1. The average molecular weight is 524 g/mol. The molecule has 35 heavy (non-hydrogen) atoms. The van der Waals surface area contributed by atoms with Gasteiger partial charge in [0, 0.05) is 36.5 Å². The molecule has 1 aliphatic heterocycles. The number of anilines is 2. The number of aromatic nitrogens is 4. The minimum absolute atomic E-state index is 0. The lowest BCUT2D eigenvalue weighted by atomic mass is 10.1. The van der Waals surface area contributed by atoms with Crippen LogP contribution in [-0.4, -0.2) is 47.4 Å². The molecule has 4 N–H and O–H groups in total. The molecule has 3 heterocycles. The summed E-state index contributed by atoms with van der Waals surface area (Å²) in [4.78, 5) is 2.54. The monoisotopic (exact) mass is 522 g/mol. The largest absolute Gasteiger partial charge is 1.00 e. The maximum atomic E-state index is 5.93. The summed E-state index contributed by atoms with van der Waals surface area (Å²) in [5.41, 5.74) is 8.01. The second kappa shape index (κ2) is 14.3. The number of nitrogens with one attached hydrogen (secondary N) is 2. The van der Waals surface area contributed by atoms with Crippen molar-refractivity contribution in [2.75, 3.05) is 36.8 Å². The van der Waals surface area contributed by atoms with Crippen LogP contribution in [0.5, 0.6) is 0 Å². The summed E-state index contributed by atoms with van der Waals surface area (Å²) in [5, 5.41) is 7.51. The van der Waals surface area contributed by atoms with E-state index in [4.69, 9.17) is 5.73 Å². The second-order valence-corrected chi connectivity index (χ2v) is 9.33. The summed E-state index contributed by atoms with van der Waals surface area (Å²) in [6.07, 6.45) is 16.1. The van der Waals surface area contributed by atoms with Crippen LogP contribution in [0, 0.1) is 0 Å². The third kappa shape index (κ3) is 8.72. The van der Waals surface area contributed by atoms with E-state index in [0.717, 1.165) is 64.2 Å². The highest BCUT2D eigenvalue weighted by atomic mass is 35.5. The standard InChI is InChI=1S/C25H40N8.2ClH/c1-29-13-15-31(20-29)11-3-9-27-18-25-17-23(19-33(25)24-7-5-22(26)6-8-24)28-10-4-12-32-16-14-30(2)21-32;;/h5-8,13-16,20-21,23,25,27-28H,3-4,9-12,17-19,26H2,1-2H3;2*1H/q+2;;/p-2. The topological polar surface area (TPSA) is 70.9 Å². The summed E-state index contributed by atoms with van der Waals surface area (Å²) in [7, 11) is 4.12. The number of hydrogen-bond donors (Lipinski definition) is 3. The van der Waals surface area contributed by atoms with Crippen LogP contribution in [0.2, 0.25) is 0 Å². The van der Waals surface area contributed by atoms with Gasteiger partial charge in [0.2, 0.25) is 12.7 Å². The average Bonchev–Trinajstić information content (AvgIpc) is 3.52. The van der Waals surface area contributed by atoms with Crippen LogP contribution in [0.1, 0.15) is 19.3 Å². The highest BCUT2D eigenvalue weighted by Crippen LogP contribution is 2.26. The van der Waals surface area contributed by atoms with Crippen LogP contribution in [0.25, 0.3) is 0 Å². The van der Waals surface area contributed by atoms with Crippen LogP contribution in [0.3, 0.4) is 0 Å². The Labute approximate surface area is 221 Å². The van der Waals surface area contributed by atoms with Crippen molar-refractivity contribution in [3.63, 3.8) is 0 Å². The SMILES string of the molecule is C[n+]1ccn(CCCNCC2CC(NCCCn3cc[n+](C)c3)CN2c2ccc(N)cc2)c1.[Cl-].[Cl-]. The Balaban J connectivity index is 0.00000216.